The van der Waals surface area contributed by atoms with Crippen molar-refractivity contribution in [1.82, 2.24) is 4.90 Å². The second-order valence-electron chi connectivity index (χ2n) is 10.8. The number of nitrogens with one attached hydrogen (secondary N) is 1. The van der Waals surface area contributed by atoms with Crippen LogP contribution in [0.25, 0.3) is 0 Å². The van der Waals surface area contributed by atoms with Crippen molar-refractivity contribution in [2.45, 2.75) is 61.3 Å². The minimum Gasteiger partial charge on any atom is -0.504 e. The first-order chi connectivity index (χ1) is 17.1. The van der Waals surface area contributed by atoms with Gasteiger partial charge in [0.15, 0.2) is 11.5 Å². The topological polar surface area (TPSA) is 65.0 Å². The minimum absolute atomic E-state index is 0.0479. The fraction of sp³-hybridized carbons (Fsp3) is 0.400. The molecule has 1 spiro atoms. The number of rotatable bonds is 5. The molecular formula is C30H32N2O3. The Bertz CT molecular complexity index is 1250. The Morgan fingerprint density at radius 1 is 0.971 bits per heavy atom. The lowest BCUT2D eigenvalue weighted by atomic mass is 9.48. The van der Waals surface area contributed by atoms with E-state index >= 15 is 0 Å². The molecule has 7 rings (SSSR count). The Hall–Kier alpha value is -3.02. The van der Waals surface area contributed by atoms with Gasteiger partial charge in [-0.25, -0.2) is 0 Å². The maximum absolute atomic E-state index is 12.6. The number of aliphatic hydroxyl groups is 1. The van der Waals surface area contributed by atoms with Crippen LogP contribution in [-0.2, 0) is 18.3 Å². The van der Waals surface area contributed by atoms with E-state index < -0.39 is 11.0 Å². The van der Waals surface area contributed by atoms with Crippen LogP contribution in [0.2, 0.25) is 0 Å². The van der Waals surface area contributed by atoms with Gasteiger partial charge in [0.1, 0.15) is 6.10 Å². The number of para-hydroxylation sites is 1. The third kappa shape index (κ3) is 2.95. The number of likely N-dealkylation sites (tertiary alicyclic amines) is 1. The Labute approximate surface area is 206 Å². The average molecular weight is 469 g/mol. The fourth-order valence-corrected chi connectivity index (χ4v) is 7.71. The number of hydrogen-bond donors (Lipinski definition) is 3. The lowest BCUT2D eigenvalue weighted by Gasteiger charge is -2.64. The van der Waals surface area contributed by atoms with Gasteiger partial charge in [-0.15, -0.1) is 0 Å². The van der Waals surface area contributed by atoms with E-state index in [-0.39, 0.29) is 23.9 Å². The van der Waals surface area contributed by atoms with E-state index in [1.807, 2.05) is 18.2 Å². The molecule has 5 nitrogen and oxygen atoms in total. The predicted octanol–water partition coefficient (Wildman–Crippen LogP) is 4.27. The SMILES string of the molecule is Oc1ccc2c3c1O[C@H]1C(Nc4ccccc4)CC[C@@]4(O)[C@@H](C2)N(CCc2ccccc2)CC[C@]314. The number of nitrogens with zero attached hydrogens (tertiary/aromatic N) is 1. The molecule has 5 atom stereocenters. The smallest absolute Gasteiger partial charge is 0.165 e. The Balaban J connectivity index is 1.28. The number of phenolic OH excluding ortho intramolecular Hbond substituents is 1. The van der Waals surface area contributed by atoms with E-state index in [2.05, 4.69) is 58.7 Å². The molecule has 3 aromatic carbocycles. The van der Waals surface area contributed by atoms with Crippen LogP contribution in [0.1, 0.15) is 36.0 Å². The summed E-state index contributed by atoms with van der Waals surface area (Å²) < 4.78 is 6.63. The molecule has 5 heteroatoms. The van der Waals surface area contributed by atoms with Gasteiger partial charge in [-0.05, 0) is 68.0 Å². The number of ether oxygens (including phenoxy) is 1. The van der Waals surface area contributed by atoms with Gasteiger partial charge in [-0.3, -0.25) is 4.90 Å². The van der Waals surface area contributed by atoms with Crippen molar-refractivity contribution < 1.29 is 14.9 Å². The summed E-state index contributed by atoms with van der Waals surface area (Å²) in [5.41, 5.74) is 3.31. The van der Waals surface area contributed by atoms with Crippen molar-refractivity contribution in [1.29, 1.82) is 0 Å². The molecule has 1 saturated heterocycles. The van der Waals surface area contributed by atoms with E-state index in [0.717, 1.165) is 56.4 Å². The largest absolute Gasteiger partial charge is 0.504 e. The standard InChI is InChI=1S/C30H32N2O3/c33-24-12-11-21-19-25-30(34)15-13-23(31-22-9-5-2-6-10-22)28-29(30,26(21)27(24)35-28)16-18-32(25)17-14-20-7-3-1-4-8-20/h1-12,23,25,28,31,33-34H,13-19H2/t23?,25-,28+,29+,30-/m1/s1. The van der Waals surface area contributed by atoms with Gasteiger partial charge in [0.2, 0.25) is 0 Å². The molecule has 0 aromatic heterocycles. The Kier molecular flexibility index (Phi) is 4.71. The third-order valence-corrected chi connectivity index (χ3v) is 9.23. The van der Waals surface area contributed by atoms with Crippen LogP contribution >= 0.6 is 0 Å². The van der Waals surface area contributed by atoms with Crippen LogP contribution < -0.4 is 10.1 Å². The highest BCUT2D eigenvalue weighted by molar-refractivity contribution is 5.63. The zero-order valence-electron chi connectivity index (χ0n) is 19.9. The Morgan fingerprint density at radius 3 is 2.54 bits per heavy atom. The summed E-state index contributed by atoms with van der Waals surface area (Å²) in [5.74, 6) is 0.794. The van der Waals surface area contributed by atoms with Crippen molar-refractivity contribution in [2.75, 3.05) is 18.4 Å². The molecule has 3 N–H and O–H groups in total. The molecule has 180 valence electrons. The number of piperidine rings is 1. The summed E-state index contributed by atoms with van der Waals surface area (Å²) in [6, 6.07) is 24.8. The molecule has 0 radical (unpaired) electrons. The summed E-state index contributed by atoms with van der Waals surface area (Å²) in [5, 5.41) is 27.1. The van der Waals surface area contributed by atoms with Crippen molar-refractivity contribution in [2.24, 2.45) is 0 Å². The molecule has 2 fully saturated rings. The summed E-state index contributed by atoms with van der Waals surface area (Å²) in [6.07, 6.45) is 3.93. The van der Waals surface area contributed by atoms with Gasteiger partial charge >= 0.3 is 0 Å². The highest BCUT2D eigenvalue weighted by Crippen LogP contribution is 2.65. The lowest BCUT2D eigenvalue weighted by molar-refractivity contribution is -0.187. The molecule has 0 amide bonds. The molecule has 2 bridgehead atoms. The minimum atomic E-state index is -0.881. The summed E-state index contributed by atoms with van der Waals surface area (Å²) in [7, 11) is 0. The van der Waals surface area contributed by atoms with Crippen molar-refractivity contribution in [3.8, 4) is 11.5 Å². The molecule has 35 heavy (non-hydrogen) atoms. The molecule has 2 heterocycles. The molecule has 4 aliphatic rings. The van der Waals surface area contributed by atoms with Gasteiger partial charge in [-0.1, -0.05) is 54.6 Å². The van der Waals surface area contributed by atoms with Crippen molar-refractivity contribution in [3.63, 3.8) is 0 Å². The van der Waals surface area contributed by atoms with Crippen LogP contribution in [-0.4, -0.2) is 52.0 Å². The van der Waals surface area contributed by atoms with E-state index in [1.54, 1.807) is 6.07 Å². The number of benzene rings is 3. The second kappa shape index (κ2) is 7.74. The molecule has 1 unspecified atom stereocenters. The number of phenols is 1. The molecule has 1 saturated carbocycles. The van der Waals surface area contributed by atoms with Crippen molar-refractivity contribution in [3.05, 3.63) is 89.5 Å². The molecular weight excluding hydrogens is 436 g/mol. The zero-order chi connectivity index (χ0) is 23.6. The Morgan fingerprint density at radius 2 is 1.74 bits per heavy atom. The number of hydrogen-bond acceptors (Lipinski definition) is 5. The maximum atomic E-state index is 12.6. The van der Waals surface area contributed by atoms with Crippen LogP contribution in [0, 0.1) is 0 Å². The first kappa shape index (κ1) is 21.3. The van der Waals surface area contributed by atoms with Gasteiger partial charge in [0, 0.05) is 23.8 Å². The predicted molar refractivity (Wildman–Crippen MR) is 136 cm³/mol. The lowest BCUT2D eigenvalue weighted by Crippen LogP contribution is -2.77. The van der Waals surface area contributed by atoms with Crippen LogP contribution in [0.15, 0.2) is 72.8 Å². The number of aromatic hydroxyl groups is 1. The van der Waals surface area contributed by atoms with E-state index in [1.165, 1.54) is 11.1 Å². The van der Waals surface area contributed by atoms with Crippen LogP contribution in [0.4, 0.5) is 5.69 Å². The first-order valence-electron chi connectivity index (χ1n) is 12.9. The fourth-order valence-electron chi connectivity index (χ4n) is 7.71. The first-order valence-corrected chi connectivity index (χ1v) is 12.9. The zero-order valence-corrected chi connectivity index (χ0v) is 19.9. The van der Waals surface area contributed by atoms with E-state index in [4.69, 9.17) is 4.74 Å². The molecule has 3 aromatic rings. The normalized spacial score (nSPS) is 32.5. The molecule has 2 aliphatic heterocycles. The molecule has 2 aliphatic carbocycles. The monoisotopic (exact) mass is 468 g/mol. The van der Waals surface area contributed by atoms with Gasteiger partial charge in [0.25, 0.3) is 0 Å². The second-order valence-corrected chi connectivity index (χ2v) is 10.8. The van der Waals surface area contributed by atoms with Gasteiger partial charge < -0.3 is 20.3 Å². The van der Waals surface area contributed by atoms with E-state index in [9.17, 15) is 10.2 Å². The van der Waals surface area contributed by atoms with E-state index in [0.29, 0.717) is 5.75 Å². The highest BCUT2D eigenvalue weighted by atomic mass is 16.5. The van der Waals surface area contributed by atoms with Crippen LogP contribution in [0.5, 0.6) is 11.5 Å². The van der Waals surface area contributed by atoms with Crippen LogP contribution in [0.3, 0.4) is 0 Å². The third-order valence-electron chi connectivity index (χ3n) is 9.23. The average Bonchev–Trinajstić information content (AvgIpc) is 3.24. The summed E-state index contributed by atoms with van der Waals surface area (Å²) >= 11 is 0. The number of anilines is 1. The van der Waals surface area contributed by atoms with Crippen molar-refractivity contribution >= 4 is 5.69 Å². The summed E-state index contributed by atoms with van der Waals surface area (Å²) in [6.45, 7) is 1.86. The van der Waals surface area contributed by atoms with Gasteiger partial charge in [0.05, 0.1) is 17.1 Å². The maximum Gasteiger partial charge on any atom is 0.165 e. The quantitative estimate of drug-likeness (QED) is 0.522. The van der Waals surface area contributed by atoms with Gasteiger partial charge in [-0.2, -0.15) is 0 Å². The summed E-state index contributed by atoms with van der Waals surface area (Å²) in [4.78, 5) is 2.52. The highest BCUT2D eigenvalue weighted by Gasteiger charge is 2.72.